The van der Waals surface area contributed by atoms with Crippen LogP contribution in [0.5, 0.6) is 0 Å². The molecule has 2 aliphatic rings. The second kappa shape index (κ2) is 7.24. The molecule has 0 aromatic carbocycles. The standard InChI is InChI=1S/C16H26N4O2/c1-14-10-17-19(11-14)13-16(21)20-5-3-2-4-15(20)12-18-6-8-22-9-7-18/h10-11,15H,2-9,12-13H2,1H3. The van der Waals surface area contributed by atoms with Crippen molar-refractivity contribution in [3.8, 4) is 0 Å². The van der Waals surface area contributed by atoms with Crippen LogP contribution in [0.3, 0.4) is 0 Å². The van der Waals surface area contributed by atoms with E-state index in [1.807, 2.05) is 13.1 Å². The average Bonchev–Trinajstić information content (AvgIpc) is 2.94. The van der Waals surface area contributed by atoms with Crippen LogP contribution in [0, 0.1) is 6.92 Å². The zero-order chi connectivity index (χ0) is 15.4. The van der Waals surface area contributed by atoms with Gasteiger partial charge in [-0.25, -0.2) is 0 Å². The molecule has 0 spiro atoms. The SMILES string of the molecule is Cc1cnn(CC(=O)N2CCCCC2CN2CCOCC2)c1. The van der Waals surface area contributed by atoms with Gasteiger partial charge >= 0.3 is 0 Å². The van der Waals surface area contributed by atoms with E-state index >= 15 is 0 Å². The van der Waals surface area contributed by atoms with Crippen LogP contribution < -0.4 is 0 Å². The van der Waals surface area contributed by atoms with Crippen LogP contribution in [-0.4, -0.2) is 70.9 Å². The maximum Gasteiger partial charge on any atom is 0.244 e. The van der Waals surface area contributed by atoms with Gasteiger partial charge in [0.05, 0.1) is 19.4 Å². The number of likely N-dealkylation sites (tertiary alicyclic amines) is 1. The molecule has 0 radical (unpaired) electrons. The van der Waals surface area contributed by atoms with Crippen LogP contribution >= 0.6 is 0 Å². The van der Waals surface area contributed by atoms with Gasteiger partial charge in [-0.2, -0.15) is 5.10 Å². The third-order valence-corrected chi connectivity index (χ3v) is 4.58. The Balaban J connectivity index is 1.59. The molecule has 3 heterocycles. The molecule has 0 saturated carbocycles. The molecule has 1 unspecified atom stereocenters. The number of nitrogens with zero attached hydrogens (tertiary/aromatic N) is 4. The number of rotatable bonds is 4. The van der Waals surface area contributed by atoms with Crippen molar-refractivity contribution in [1.82, 2.24) is 19.6 Å². The molecule has 6 nitrogen and oxygen atoms in total. The van der Waals surface area contributed by atoms with Gasteiger partial charge in [0.15, 0.2) is 0 Å². The van der Waals surface area contributed by atoms with E-state index in [1.54, 1.807) is 10.9 Å². The number of hydrogen-bond acceptors (Lipinski definition) is 4. The van der Waals surface area contributed by atoms with Crippen LogP contribution in [0.1, 0.15) is 24.8 Å². The zero-order valence-corrected chi connectivity index (χ0v) is 13.4. The third-order valence-electron chi connectivity index (χ3n) is 4.58. The van der Waals surface area contributed by atoms with E-state index in [-0.39, 0.29) is 5.91 Å². The lowest BCUT2D eigenvalue weighted by Gasteiger charge is -2.39. The summed E-state index contributed by atoms with van der Waals surface area (Å²) in [5.74, 6) is 0.195. The quantitative estimate of drug-likeness (QED) is 0.829. The van der Waals surface area contributed by atoms with E-state index in [9.17, 15) is 4.79 Å². The summed E-state index contributed by atoms with van der Waals surface area (Å²) in [6.07, 6.45) is 7.18. The van der Waals surface area contributed by atoms with Crippen molar-refractivity contribution in [2.75, 3.05) is 39.4 Å². The van der Waals surface area contributed by atoms with Gasteiger partial charge in [0.2, 0.25) is 5.91 Å². The molecule has 3 rings (SSSR count). The first-order valence-corrected chi connectivity index (χ1v) is 8.31. The molecular weight excluding hydrogens is 280 g/mol. The average molecular weight is 306 g/mol. The third kappa shape index (κ3) is 3.87. The fourth-order valence-corrected chi connectivity index (χ4v) is 3.38. The van der Waals surface area contributed by atoms with E-state index in [4.69, 9.17) is 4.74 Å². The molecule has 1 aromatic rings. The van der Waals surface area contributed by atoms with E-state index in [1.165, 1.54) is 6.42 Å². The number of ether oxygens (including phenoxy) is 1. The Morgan fingerprint density at radius 1 is 1.32 bits per heavy atom. The number of piperidine rings is 1. The van der Waals surface area contributed by atoms with Gasteiger partial charge in [0.25, 0.3) is 0 Å². The first-order chi connectivity index (χ1) is 10.7. The monoisotopic (exact) mass is 306 g/mol. The molecule has 122 valence electrons. The number of carbonyl (C=O) groups excluding carboxylic acids is 1. The lowest BCUT2D eigenvalue weighted by molar-refractivity contribution is -0.136. The molecular formula is C16H26N4O2. The maximum atomic E-state index is 12.7. The van der Waals surface area contributed by atoms with Gasteiger partial charge in [-0.15, -0.1) is 0 Å². The molecule has 22 heavy (non-hydrogen) atoms. The summed E-state index contributed by atoms with van der Waals surface area (Å²) >= 11 is 0. The molecule has 0 bridgehead atoms. The minimum atomic E-state index is 0.195. The highest BCUT2D eigenvalue weighted by molar-refractivity contribution is 5.76. The Hall–Kier alpha value is -1.40. The maximum absolute atomic E-state index is 12.7. The fourth-order valence-electron chi connectivity index (χ4n) is 3.38. The number of carbonyl (C=O) groups is 1. The Kier molecular flexibility index (Phi) is 5.10. The molecule has 2 fully saturated rings. The van der Waals surface area contributed by atoms with Crippen molar-refractivity contribution in [2.24, 2.45) is 0 Å². The fraction of sp³-hybridized carbons (Fsp3) is 0.750. The molecule has 6 heteroatoms. The summed E-state index contributed by atoms with van der Waals surface area (Å²) in [4.78, 5) is 17.2. The van der Waals surface area contributed by atoms with Gasteiger partial charge < -0.3 is 9.64 Å². The number of aromatic nitrogens is 2. The number of amides is 1. The predicted molar refractivity (Wildman–Crippen MR) is 83.6 cm³/mol. The molecule has 2 aliphatic heterocycles. The van der Waals surface area contributed by atoms with Crippen molar-refractivity contribution in [3.63, 3.8) is 0 Å². The van der Waals surface area contributed by atoms with Crippen LogP contribution in [0.2, 0.25) is 0 Å². The van der Waals surface area contributed by atoms with E-state index in [0.717, 1.165) is 57.8 Å². The second-order valence-electron chi connectivity index (χ2n) is 6.36. The van der Waals surface area contributed by atoms with Crippen molar-refractivity contribution in [2.45, 2.75) is 38.8 Å². The molecule has 1 amide bonds. The van der Waals surface area contributed by atoms with Gasteiger partial charge in [-0.05, 0) is 31.7 Å². The van der Waals surface area contributed by atoms with Crippen LogP contribution in [-0.2, 0) is 16.1 Å². The first-order valence-electron chi connectivity index (χ1n) is 8.31. The number of hydrogen-bond donors (Lipinski definition) is 0. The highest BCUT2D eigenvalue weighted by Gasteiger charge is 2.28. The van der Waals surface area contributed by atoms with Gasteiger partial charge in [0, 0.05) is 38.4 Å². The van der Waals surface area contributed by atoms with E-state index in [2.05, 4.69) is 14.9 Å². The van der Waals surface area contributed by atoms with Gasteiger partial charge in [-0.3, -0.25) is 14.4 Å². The van der Waals surface area contributed by atoms with Crippen LogP contribution in [0.25, 0.3) is 0 Å². The Morgan fingerprint density at radius 3 is 2.86 bits per heavy atom. The second-order valence-corrected chi connectivity index (χ2v) is 6.36. The summed E-state index contributed by atoms with van der Waals surface area (Å²) in [6.45, 7) is 7.80. The molecule has 1 atom stereocenters. The van der Waals surface area contributed by atoms with Crippen molar-refractivity contribution in [3.05, 3.63) is 18.0 Å². The lowest BCUT2D eigenvalue weighted by Crippen LogP contribution is -2.52. The Morgan fingerprint density at radius 2 is 2.14 bits per heavy atom. The minimum Gasteiger partial charge on any atom is -0.379 e. The topological polar surface area (TPSA) is 50.6 Å². The van der Waals surface area contributed by atoms with Crippen molar-refractivity contribution < 1.29 is 9.53 Å². The number of morpholine rings is 1. The van der Waals surface area contributed by atoms with Crippen LogP contribution in [0.4, 0.5) is 0 Å². The largest absolute Gasteiger partial charge is 0.379 e. The summed E-state index contributed by atoms with van der Waals surface area (Å²) in [6, 6.07) is 0.344. The van der Waals surface area contributed by atoms with Crippen molar-refractivity contribution >= 4 is 5.91 Å². The van der Waals surface area contributed by atoms with Gasteiger partial charge in [0.1, 0.15) is 6.54 Å². The molecule has 0 N–H and O–H groups in total. The van der Waals surface area contributed by atoms with E-state index in [0.29, 0.717) is 12.6 Å². The summed E-state index contributed by atoms with van der Waals surface area (Å²) in [5, 5.41) is 4.23. The summed E-state index contributed by atoms with van der Waals surface area (Å²) in [5.41, 5.74) is 1.09. The number of aryl methyl sites for hydroxylation is 1. The first kappa shape index (κ1) is 15.5. The summed E-state index contributed by atoms with van der Waals surface area (Å²) < 4.78 is 7.16. The van der Waals surface area contributed by atoms with E-state index < -0.39 is 0 Å². The summed E-state index contributed by atoms with van der Waals surface area (Å²) in [7, 11) is 0. The predicted octanol–water partition coefficient (Wildman–Crippen LogP) is 0.905. The zero-order valence-electron chi connectivity index (χ0n) is 13.4. The molecule has 1 aromatic heterocycles. The molecule has 0 aliphatic carbocycles. The minimum absolute atomic E-state index is 0.195. The van der Waals surface area contributed by atoms with Gasteiger partial charge in [-0.1, -0.05) is 0 Å². The Bertz CT molecular complexity index is 496. The highest BCUT2D eigenvalue weighted by Crippen LogP contribution is 2.19. The highest BCUT2D eigenvalue weighted by atomic mass is 16.5. The van der Waals surface area contributed by atoms with Crippen molar-refractivity contribution in [1.29, 1.82) is 0 Å². The molecule has 2 saturated heterocycles. The lowest BCUT2D eigenvalue weighted by atomic mass is 10.0. The van der Waals surface area contributed by atoms with Crippen LogP contribution in [0.15, 0.2) is 12.4 Å². The smallest absolute Gasteiger partial charge is 0.244 e. The Labute approximate surface area is 132 Å². The normalized spacial score (nSPS) is 23.7.